The minimum atomic E-state index is -0.205. The van der Waals surface area contributed by atoms with E-state index in [0.29, 0.717) is 36.8 Å². The number of carbonyl (C=O) groups excluding carboxylic acids is 2. The van der Waals surface area contributed by atoms with Crippen LogP contribution in [0.25, 0.3) is 0 Å². The molecular weight excluding hydrogens is 374 g/mol. The average Bonchev–Trinajstić information content (AvgIpc) is 3.17. The molecule has 4 rings (SSSR count). The Morgan fingerprint density at radius 1 is 0.929 bits per heavy atom. The largest absolute Gasteiger partial charge is 0.336 e. The lowest BCUT2D eigenvalue weighted by Gasteiger charge is -2.38. The fourth-order valence-corrected chi connectivity index (χ4v) is 4.28. The number of benzene rings is 2. The average molecular weight is 398 g/mol. The van der Waals surface area contributed by atoms with E-state index in [0.717, 1.165) is 18.7 Å². The first-order chi connectivity index (χ1) is 13.6. The predicted octanol–water partition coefficient (Wildman–Crippen LogP) is 3.08. The molecule has 1 atom stereocenters. The summed E-state index contributed by atoms with van der Waals surface area (Å²) < 4.78 is 0. The summed E-state index contributed by atoms with van der Waals surface area (Å²) >= 11 is 6.16. The molecule has 2 aliphatic rings. The van der Waals surface area contributed by atoms with Crippen molar-refractivity contribution in [3.05, 3.63) is 64.7 Å². The molecule has 0 saturated carbocycles. The number of hydrogen-bond donors (Lipinski definition) is 0. The first-order valence-electron chi connectivity index (χ1n) is 9.73. The van der Waals surface area contributed by atoms with Crippen LogP contribution in [0.4, 0.5) is 5.69 Å². The van der Waals surface area contributed by atoms with Gasteiger partial charge in [0.15, 0.2) is 0 Å². The van der Waals surface area contributed by atoms with E-state index in [1.165, 1.54) is 5.56 Å². The summed E-state index contributed by atoms with van der Waals surface area (Å²) in [5.74, 6) is 0.0912. The summed E-state index contributed by atoms with van der Waals surface area (Å²) in [6.07, 6.45) is 0.911. The van der Waals surface area contributed by atoms with Crippen molar-refractivity contribution in [2.75, 3.05) is 37.6 Å². The van der Waals surface area contributed by atoms with Gasteiger partial charge < -0.3 is 9.80 Å². The van der Waals surface area contributed by atoms with E-state index in [-0.39, 0.29) is 17.9 Å². The summed E-state index contributed by atoms with van der Waals surface area (Å²) in [6.45, 7) is 5.26. The molecule has 2 aromatic rings. The second-order valence-electron chi connectivity index (χ2n) is 7.35. The highest BCUT2D eigenvalue weighted by Gasteiger charge is 2.33. The maximum atomic E-state index is 13.1. The van der Waals surface area contributed by atoms with Crippen molar-refractivity contribution in [1.82, 2.24) is 9.80 Å². The molecule has 2 amide bonds. The Morgan fingerprint density at radius 3 is 2.36 bits per heavy atom. The quantitative estimate of drug-likeness (QED) is 0.799. The third-order valence-corrected chi connectivity index (χ3v) is 6.09. The van der Waals surface area contributed by atoms with Crippen molar-refractivity contribution in [2.24, 2.45) is 0 Å². The Kier molecular flexibility index (Phi) is 5.38. The molecule has 0 spiro atoms. The maximum absolute atomic E-state index is 13.1. The lowest BCUT2D eigenvalue weighted by molar-refractivity contribution is -0.123. The number of halogens is 1. The van der Waals surface area contributed by atoms with Crippen LogP contribution in [0.15, 0.2) is 48.5 Å². The smallest absolute Gasteiger partial charge is 0.255 e. The lowest BCUT2D eigenvalue weighted by atomic mass is 10.1. The topological polar surface area (TPSA) is 43.9 Å². The van der Waals surface area contributed by atoms with Crippen LogP contribution < -0.4 is 4.90 Å². The van der Waals surface area contributed by atoms with Crippen molar-refractivity contribution in [3.63, 3.8) is 0 Å². The van der Waals surface area contributed by atoms with E-state index in [9.17, 15) is 9.59 Å². The second-order valence-corrected chi connectivity index (χ2v) is 7.76. The Morgan fingerprint density at radius 2 is 1.61 bits per heavy atom. The molecule has 1 saturated heterocycles. The molecule has 1 fully saturated rings. The number of para-hydroxylation sites is 1. The Balaban J connectivity index is 1.38. The van der Waals surface area contributed by atoms with Gasteiger partial charge in [0.05, 0.1) is 16.6 Å². The van der Waals surface area contributed by atoms with Gasteiger partial charge in [-0.15, -0.1) is 0 Å². The lowest BCUT2D eigenvalue weighted by Crippen LogP contribution is -2.55. The number of nitrogens with zero attached hydrogens (tertiary/aromatic N) is 3. The van der Waals surface area contributed by atoms with Crippen molar-refractivity contribution >= 4 is 29.1 Å². The van der Waals surface area contributed by atoms with E-state index in [1.807, 2.05) is 47.1 Å². The van der Waals surface area contributed by atoms with Crippen LogP contribution in [-0.2, 0) is 11.2 Å². The molecule has 0 aromatic heterocycles. The molecule has 2 aromatic carbocycles. The number of amides is 2. The summed E-state index contributed by atoms with van der Waals surface area (Å²) in [4.78, 5) is 31.7. The highest BCUT2D eigenvalue weighted by atomic mass is 35.5. The summed E-state index contributed by atoms with van der Waals surface area (Å²) in [5.41, 5.74) is 2.81. The molecule has 0 N–H and O–H groups in total. The molecule has 2 heterocycles. The van der Waals surface area contributed by atoms with Crippen LogP contribution in [0.3, 0.4) is 0 Å². The minimum absolute atomic E-state index is 0.0438. The Bertz CT molecular complexity index is 893. The molecular formula is C22H24ClN3O2. The fraction of sp³-hybridized carbons (Fsp3) is 0.364. The second kappa shape index (κ2) is 7.94. The van der Waals surface area contributed by atoms with Crippen molar-refractivity contribution in [2.45, 2.75) is 19.4 Å². The number of rotatable bonds is 3. The van der Waals surface area contributed by atoms with Gasteiger partial charge in [-0.1, -0.05) is 41.9 Å². The van der Waals surface area contributed by atoms with E-state index >= 15 is 0 Å². The van der Waals surface area contributed by atoms with Crippen molar-refractivity contribution < 1.29 is 9.59 Å². The van der Waals surface area contributed by atoms with Crippen LogP contribution in [0.5, 0.6) is 0 Å². The zero-order valence-corrected chi connectivity index (χ0v) is 16.7. The van der Waals surface area contributed by atoms with E-state index in [4.69, 9.17) is 11.6 Å². The Hall–Kier alpha value is -2.37. The molecule has 2 aliphatic heterocycles. The number of hydrogen-bond acceptors (Lipinski definition) is 3. The monoisotopic (exact) mass is 397 g/mol. The maximum Gasteiger partial charge on any atom is 0.255 e. The van der Waals surface area contributed by atoms with Gasteiger partial charge in [-0.25, -0.2) is 0 Å². The number of carbonyl (C=O) groups is 2. The molecule has 28 heavy (non-hydrogen) atoms. The first-order valence-corrected chi connectivity index (χ1v) is 10.1. The van der Waals surface area contributed by atoms with Crippen LogP contribution in [0, 0.1) is 0 Å². The molecule has 146 valence electrons. The number of fused-ring (bicyclic) bond motifs is 1. The zero-order valence-electron chi connectivity index (χ0n) is 16.0. The van der Waals surface area contributed by atoms with Gasteiger partial charge >= 0.3 is 0 Å². The van der Waals surface area contributed by atoms with Crippen LogP contribution in [0.1, 0.15) is 22.8 Å². The third-order valence-electron chi connectivity index (χ3n) is 5.76. The summed E-state index contributed by atoms with van der Waals surface area (Å²) in [7, 11) is 0. The zero-order chi connectivity index (χ0) is 19.7. The van der Waals surface area contributed by atoms with Crippen molar-refractivity contribution in [1.29, 1.82) is 0 Å². The molecule has 0 unspecified atom stereocenters. The van der Waals surface area contributed by atoms with Crippen molar-refractivity contribution in [3.8, 4) is 0 Å². The highest BCUT2D eigenvalue weighted by Crippen LogP contribution is 2.28. The van der Waals surface area contributed by atoms with Crippen LogP contribution in [-0.4, -0.2) is 60.4 Å². The molecule has 6 heteroatoms. The van der Waals surface area contributed by atoms with Crippen LogP contribution >= 0.6 is 11.6 Å². The highest BCUT2D eigenvalue weighted by molar-refractivity contribution is 6.33. The molecule has 0 radical (unpaired) electrons. The molecule has 0 aliphatic carbocycles. The standard InChI is InChI=1S/C22H24ClN3O2/c1-16(21(27)26-11-10-17-6-2-5-9-20(17)26)24-12-14-25(15-13-24)22(28)18-7-3-4-8-19(18)23/h2-9,16H,10-15H2,1H3/t16-/m0/s1. The predicted molar refractivity (Wildman–Crippen MR) is 111 cm³/mol. The van der Waals surface area contributed by atoms with E-state index in [1.54, 1.807) is 12.1 Å². The first kappa shape index (κ1) is 19.0. The Labute approximate surface area is 170 Å². The number of piperazine rings is 1. The third kappa shape index (κ3) is 3.52. The normalized spacial score (nSPS) is 18.1. The fourth-order valence-electron chi connectivity index (χ4n) is 4.07. The van der Waals surface area contributed by atoms with Gasteiger partial charge in [0.2, 0.25) is 5.91 Å². The molecule has 0 bridgehead atoms. The van der Waals surface area contributed by atoms with Gasteiger partial charge in [0, 0.05) is 38.4 Å². The minimum Gasteiger partial charge on any atom is -0.336 e. The van der Waals surface area contributed by atoms with E-state index in [2.05, 4.69) is 11.0 Å². The van der Waals surface area contributed by atoms with E-state index < -0.39 is 0 Å². The van der Waals surface area contributed by atoms with Crippen LogP contribution in [0.2, 0.25) is 5.02 Å². The summed E-state index contributed by atoms with van der Waals surface area (Å²) in [6, 6.07) is 15.0. The van der Waals surface area contributed by atoms with Gasteiger partial charge in [0.25, 0.3) is 5.91 Å². The van der Waals surface area contributed by atoms with Gasteiger partial charge in [0.1, 0.15) is 0 Å². The number of anilines is 1. The van der Waals surface area contributed by atoms with Gasteiger partial charge in [-0.05, 0) is 37.1 Å². The van der Waals surface area contributed by atoms with Gasteiger partial charge in [-0.2, -0.15) is 0 Å². The van der Waals surface area contributed by atoms with Gasteiger partial charge in [-0.3, -0.25) is 14.5 Å². The molecule has 5 nitrogen and oxygen atoms in total. The summed E-state index contributed by atoms with van der Waals surface area (Å²) in [5, 5.41) is 0.478. The SMILES string of the molecule is C[C@@H](C(=O)N1CCc2ccccc21)N1CCN(C(=O)c2ccccc2Cl)CC1.